The van der Waals surface area contributed by atoms with E-state index in [0.717, 1.165) is 16.7 Å². The van der Waals surface area contributed by atoms with E-state index in [-0.39, 0.29) is 29.6 Å². The predicted molar refractivity (Wildman–Crippen MR) is 123 cm³/mol. The number of para-hydroxylation sites is 1. The molecule has 0 spiro atoms. The van der Waals surface area contributed by atoms with Crippen LogP contribution < -0.4 is 10.1 Å². The van der Waals surface area contributed by atoms with E-state index >= 15 is 0 Å². The molecule has 0 bridgehead atoms. The summed E-state index contributed by atoms with van der Waals surface area (Å²) in [6.45, 7) is 2.12. The molecular weight excluding hydrogens is 424 g/mol. The molecule has 0 aliphatic heterocycles. The molecule has 6 nitrogen and oxygen atoms in total. The van der Waals surface area contributed by atoms with Gasteiger partial charge in [0, 0.05) is 17.7 Å². The zero-order valence-corrected chi connectivity index (χ0v) is 18.6. The number of hydrogen-bond donors (Lipinski definition) is 1. The summed E-state index contributed by atoms with van der Waals surface area (Å²) >= 11 is 0. The highest BCUT2D eigenvalue weighted by Crippen LogP contribution is 2.20. The van der Waals surface area contributed by atoms with Crippen LogP contribution in [0, 0.1) is 18.3 Å². The number of amides is 1. The second-order valence-electron chi connectivity index (χ2n) is 7.35. The average Bonchev–Trinajstić information content (AvgIpc) is 2.79. The number of carbonyl (C=O) groups excluding carboxylic acids is 1. The van der Waals surface area contributed by atoms with Crippen LogP contribution in [0.1, 0.15) is 23.1 Å². The van der Waals surface area contributed by atoms with Crippen molar-refractivity contribution < 1.29 is 17.9 Å². The predicted octanol–water partition coefficient (Wildman–Crippen LogP) is 4.44. The number of carbonyl (C=O) groups is 1. The minimum absolute atomic E-state index is 0.147. The third-order valence-electron chi connectivity index (χ3n) is 4.87. The Bertz CT molecular complexity index is 1210. The SMILES string of the molecule is Cc1ccc(S(=O)(=O)CCC(=O)Nc2ccccc2COc2ccc(CC#N)cc2)cc1. The molecule has 3 aromatic rings. The van der Waals surface area contributed by atoms with Gasteiger partial charge in [0.25, 0.3) is 0 Å². The molecule has 0 unspecified atom stereocenters. The first-order valence-electron chi connectivity index (χ1n) is 10.1. The van der Waals surface area contributed by atoms with E-state index in [1.54, 1.807) is 48.5 Å². The van der Waals surface area contributed by atoms with Gasteiger partial charge in [0.1, 0.15) is 12.4 Å². The molecule has 1 N–H and O–H groups in total. The Morgan fingerprint density at radius 2 is 1.69 bits per heavy atom. The molecule has 0 atom stereocenters. The first-order valence-corrected chi connectivity index (χ1v) is 11.8. The Morgan fingerprint density at radius 1 is 1.00 bits per heavy atom. The van der Waals surface area contributed by atoms with Gasteiger partial charge in [-0.1, -0.05) is 48.0 Å². The summed E-state index contributed by atoms with van der Waals surface area (Å²) in [4.78, 5) is 12.6. The van der Waals surface area contributed by atoms with Gasteiger partial charge in [0.2, 0.25) is 5.91 Å². The van der Waals surface area contributed by atoms with Crippen molar-refractivity contribution in [1.82, 2.24) is 0 Å². The van der Waals surface area contributed by atoms with Gasteiger partial charge in [-0.2, -0.15) is 5.26 Å². The largest absolute Gasteiger partial charge is 0.489 e. The van der Waals surface area contributed by atoms with E-state index in [1.165, 1.54) is 0 Å². The molecule has 32 heavy (non-hydrogen) atoms. The highest BCUT2D eigenvalue weighted by Gasteiger charge is 2.17. The van der Waals surface area contributed by atoms with E-state index in [4.69, 9.17) is 10.00 Å². The highest BCUT2D eigenvalue weighted by atomic mass is 32.2. The third-order valence-corrected chi connectivity index (χ3v) is 6.60. The topological polar surface area (TPSA) is 96.3 Å². The van der Waals surface area contributed by atoms with Crippen molar-refractivity contribution in [1.29, 1.82) is 5.26 Å². The number of nitriles is 1. The summed E-state index contributed by atoms with van der Waals surface area (Å²) in [5.74, 6) is 0.00120. The monoisotopic (exact) mass is 448 g/mol. The smallest absolute Gasteiger partial charge is 0.225 e. The van der Waals surface area contributed by atoms with Gasteiger partial charge in [-0.15, -0.1) is 0 Å². The van der Waals surface area contributed by atoms with Gasteiger partial charge in [0.05, 0.1) is 23.1 Å². The number of aryl methyl sites for hydroxylation is 1. The molecule has 7 heteroatoms. The van der Waals surface area contributed by atoms with Gasteiger partial charge >= 0.3 is 0 Å². The Morgan fingerprint density at radius 3 is 2.38 bits per heavy atom. The molecule has 3 rings (SSSR count). The molecule has 0 heterocycles. The molecule has 0 fully saturated rings. The number of ether oxygens (including phenoxy) is 1. The summed E-state index contributed by atoms with van der Waals surface area (Å²) in [7, 11) is -3.53. The Hall–Kier alpha value is -3.63. The standard InChI is InChI=1S/C25H24N2O4S/c1-19-6-12-23(13-7-19)32(29,30)17-15-25(28)27-24-5-3-2-4-21(24)18-31-22-10-8-20(9-11-22)14-16-26/h2-13H,14-15,17-18H2,1H3,(H,27,28). The molecule has 164 valence electrons. The second-order valence-corrected chi connectivity index (χ2v) is 9.46. The number of anilines is 1. The molecular formula is C25H24N2O4S. The van der Waals surface area contributed by atoms with Crippen molar-refractivity contribution in [2.75, 3.05) is 11.1 Å². The number of rotatable bonds is 9. The molecule has 3 aromatic carbocycles. The van der Waals surface area contributed by atoms with Crippen molar-refractivity contribution in [2.24, 2.45) is 0 Å². The fraction of sp³-hybridized carbons (Fsp3) is 0.200. The lowest BCUT2D eigenvalue weighted by Gasteiger charge is -2.13. The van der Waals surface area contributed by atoms with Crippen LogP contribution in [-0.2, 0) is 27.7 Å². The third kappa shape index (κ3) is 6.43. The van der Waals surface area contributed by atoms with Crippen LogP contribution in [0.2, 0.25) is 0 Å². The lowest BCUT2D eigenvalue weighted by Crippen LogP contribution is -2.18. The number of hydrogen-bond acceptors (Lipinski definition) is 5. The minimum Gasteiger partial charge on any atom is -0.489 e. The average molecular weight is 449 g/mol. The molecule has 0 aliphatic rings. The van der Waals surface area contributed by atoms with Crippen molar-refractivity contribution in [3.05, 3.63) is 89.5 Å². The van der Waals surface area contributed by atoms with Crippen LogP contribution >= 0.6 is 0 Å². The Labute approximate surface area is 188 Å². The van der Waals surface area contributed by atoms with Crippen LogP contribution in [0.25, 0.3) is 0 Å². The van der Waals surface area contributed by atoms with Crippen LogP contribution in [-0.4, -0.2) is 20.1 Å². The van der Waals surface area contributed by atoms with Crippen molar-refractivity contribution in [3.8, 4) is 11.8 Å². The normalized spacial score (nSPS) is 10.9. The summed E-state index contributed by atoms with van der Waals surface area (Å²) in [6.07, 6.45) is 0.195. The fourth-order valence-electron chi connectivity index (χ4n) is 3.03. The quantitative estimate of drug-likeness (QED) is 0.522. The van der Waals surface area contributed by atoms with E-state index in [2.05, 4.69) is 11.4 Å². The van der Waals surface area contributed by atoms with Gasteiger partial charge in [0.15, 0.2) is 9.84 Å². The highest BCUT2D eigenvalue weighted by molar-refractivity contribution is 7.91. The summed E-state index contributed by atoms with van der Waals surface area (Å²) in [5.41, 5.74) is 3.22. The maximum absolute atomic E-state index is 12.5. The summed E-state index contributed by atoms with van der Waals surface area (Å²) < 4.78 is 30.7. The van der Waals surface area contributed by atoms with Crippen molar-refractivity contribution in [2.45, 2.75) is 31.3 Å². The van der Waals surface area contributed by atoms with Gasteiger partial charge < -0.3 is 10.1 Å². The van der Waals surface area contributed by atoms with Gasteiger partial charge in [-0.25, -0.2) is 8.42 Å². The molecule has 1 amide bonds. The molecule has 0 radical (unpaired) electrons. The number of sulfone groups is 1. The van der Waals surface area contributed by atoms with Crippen LogP contribution in [0.5, 0.6) is 5.75 Å². The van der Waals surface area contributed by atoms with E-state index < -0.39 is 9.84 Å². The molecule has 0 aliphatic carbocycles. The Kier molecular flexibility index (Phi) is 7.63. The first kappa shape index (κ1) is 23.0. The maximum atomic E-state index is 12.5. The zero-order chi connectivity index (χ0) is 23.0. The minimum atomic E-state index is -3.53. The van der Waals surface area contributed by atoms with Crippen molar-refractivity contribution in [3.63, 3.8) is 0 Å². The van der Waals surface area contributed by atoms with Crippen molar-refractivity contribution >= 4 is 21.4 Å². The van der Waals surface area contributed by atoms with Gasteiger partial charge in [-0.05, 0) is 42.8 Å². The zero-order valence-electron chi connectivity index (χ0n) is 17.7. The lowest BCUT2D eigenvalue weighted by molar-refractivity contribution is -0.115. The molecule has 0 saturated heterocycles. The first-order chi connectivity index (χ1) is 15.4. The Balaban J connectivity index is 1.58. The fourth-order valence-corrected chi connectivity index (χ4v) is 4.27. The number of benzene rings is 3. The van der Waals surface area contributed by atoms with Crippen LogP contribution in [0.15, 0.2) is 77.7 Å². The van der Waals surface area contributed by atoms with Crippen LogP contribution in [0.4, 0.5) is 5.69 Å². The molecule has 0 saturated carbocycles. The number of nitrogens with zero attached hydrogens (tertiary/aromatic N) is 1. The summed E-state index contributed by atoms with van der Waals surface area (Å²) in [6, 6.07) is 23.2. The maximum Gasteiger partial charge on any atom is 0.225 e. The van der Waals surface area contributed by atoms with E-state index in [9.17, 15) is 13.2 Å². The summed E-state index contributed by atoms with van der Waals surface area (Å²) in [5, 5.41) is 11.5. The van der Waals surface area contributed by atoms with Crippen LogP contribution in [0.3, 0.4) is 0 Å². The van der Waals surface area contributed by atoms with Gasteiger partial charge in [-0.3, -0.25) is 4.79 Å². The molecule has 0 aromatic heterocycles. The second kappa shape index (κ2) is 10.6. The van der Waals surface area contributed by atoms with E-state index in [0.29, 0.717) is 17.9 Å². The number of nitrogens with one attached hydrogen (secondary N) is 1. The van der Waals surface area contributed by atoms with E-state index in [1.807, 2.05) is 31.2 Å². The lowest BCUT2D eigenvalue weighted by atomic mass is 10.1.